The molecule has 0 unspecified atom stereocenters. The van der Waals surface area contributed by atoms with Crippen molar-refractivity contribution in [3.05, 3.63) is 64.3 Å². The molecule has 0 spiro atoms. The van der Waals surface area contributed by atoms with Crippen LogP contribution in [0.3, 0.4) is 0 Å². The lowest BCUT2D eigenvalue weighted by Crippen LogP contribution is -2.16. The maximum absolute atomic E-state index is 12.3. The van der Waals surface area contributed by atoms with Crippen molar-refractivity contribution in [1.29, 1.82) is 0 Å². The van der Waals surface area contributed by atoms with E-state index in [0.29, 0.717) is 29.0 Å². The molecule has 0 atom stereocenters. The molecule has 0 aliphatic heterocycles. The van der Waals surface area contributed by atoms with Crippen LogP contribution in [0.4, 0.5) is 5.69 Å². The fourth-order valence-corrected chi connectivity index (χ4v) is 2.69. The van der Waals surface area contributed by atoms with Crippen LogP contribution in [0, 0.1) is 6.92 Å². The Labute approximate surface area is 144 Å². The summed E-state index contributed by atoms with van der Waals surface area (Å²) in [6.45, 7) is 1.86. The Morgan fingerprint density at radius 1 is 1.32 bits per heavy atom. The third kappa shape index (κ3) is 3.68. The number of carbonyl (C=O) groups is 1. The molecule has 3 aromatic rings. The molecule has 1 amide bonds. The van der Waals surface area contributed by atoms with Crippen molar-refractivity contribution >= 4 is 22.6 Å². The Morgan fingerprint density at radius 2 is 2.16 bits per heavy atom. The van der Waals surface area contributed by atoms with Crippen LogP contribution >= 0.6 is 0 Å². The van der Waals surface area contributed by atoms with Crippen LogP contribution in [-0.4, -0.2) is 18.0 Å². The molecule has 25 heavy (non-hydrogen) atoms. The lowest BCUT2D eigenvalue weighted by Gasteiger charge is -2.09. The first-order valence-corrected chi connectivity index (χ1v) is 7.88. The van der Waals surface area contributed by atoms with Gasteiger partial charge in [0.2, 0.25) is 5.91 Å². The van der Waals surface area contributed by atoms with Gasteiger partial charge in [0.05, 0.1) is 19.0 Å². The molecule has 6 heteroatoms. The second kappa shape index (κ2) is 7.17. The molecule has 0 aliphatic carbocycles. The molecule has 6 nitrogen and oxygen atoms in total. The molecule has 0 saturated carbocycles. The van der Waals surface area contributed by atoms with Gasteiger partial charge < -0.3 is 14.5 Å². The number of amides is 1. The van der Waals surface area contributed by atoms with E-state index in [9.17, 15) is 9.59 Å². The number of ether oxygens (including phenoxy) is 1. The van der Waals surface area contributed by atoms with E-state index in [1.807, 2.05) is 19.1 Å². The zero-order chi connectivity index (χ0) is 17.8. The normalized spacial score (nSPS) is 10.6. The highest BCUT2D eigenvalue weighted by atomic mass is 16.5. The summed E-state index contributed by atoms with van der Waals surface area (Å²) >= 11 is 0. The third-order valence-corrected chi connectivity index (χ3v) is 4.04. The number of anilines is 1. The summed E-state index contributed by atoms with van der Waals surface area (Å²) in [6.07, 6.45) is 3.69. The largest absolute Gasteiger partial charge is 0.497 e. The Hall–Kier alpha value is -3.15. The van der Waals surface area contributed by atoms with Crippen LogP contribution < -0.4 is 15.7 Å². The van der Waals surface area contributed by atoms with Gasteiger partial charge in [0.1, 0.15) is 11.3 Å². The van der Waals surface area contributed by atoms with Crippen molar-refractivity contribution in [3.8, 4) is 5.75 Å². The lowest BCUT2D eigenvalue weighted by molar-refractivity contribution is -0.116. The number of methoxy groups -OCH3 is 1. The van der Waals surface area contributed by atoms with E-state index in [0.717, 1.165) is 10.9 Å². The number of fused-ring (bicyclic) bond motifs is 1. The maximum atomic E-state index is 12.3. The molecule has 1 N–H and O–H groups in total. The van der Waals surface area contributed by atoms with Crippen LogP contribution in [-0.2, 0) is 11.2 Å². The number of aromatic nitrogens is 1. The third-order valence-electron chi connectivity index (χ3n) is 4.04. The Kier molecular flexibility index (Phi) is 4.79. The van der Waals surface area contributed by atoms with Gasteiger partial charge in [-0.2, -0.15) is 0 Å². The minimum atomic E-state index is -0.424. The van der Waals surface area contributed by atoms with Gasteiger partial charge in [-0.3, -0.25) is 9.78 Å². The van der Waals surface area contributed by atoms with Crippen LogP contribution in [0.15, 0.2) is 51.9 Å². The second-order valence-electron chi connectivity index (χ2n) is 5.65. The van der Waals surface area contributed by atoms with Gasteiger partial charge in [-0.05, 0) is 43.2 Å². The molecule has 128 valence electrons. The number of benzene rings is 1. The molecule has 0 bridgehead atoms. The van der Waals surface area contributed by atoms with Crippen molar-refractivity contribution < 1.29 is 13.9 Å². The van der Waals surface area contributed by atoms with Crippen LogP contribution in [0.25, 0.3) is 11.0 Å². The Bertz CT molecular complexity index is 964. The molecule has 3 rings (SSSR count). The SMILES string of the molecule is COc1ccc2c(C)c(CCC(=O)Nc3cccnc3)c(=O)oc2c1. The predicted octanol–water partition coefficient (Wildman–Crippen LogP) is 3.08. The minimum Gasteiger partial charge on any atom is -0.497 e. The fraction of sp³-hybridized carbons (Fsp3) is 0.211. The number of rotatable bonds is 5. The highest BCUT2D eigenvalue weighted by Crippen LogP contribution is 2.24. The molecule has 0 aliphatic rings. The Balaban J connectivity index is 1.79. The van der Waals surface area contributed by atoms with Crippen LogP contribution in [0.1, 0.15) is 17.5 Å². The van der Waals surface area contributed by atoms with Crippen molar-refractivity contribution in [2.24, 2.45) is 0 Å². The summed E-state index contributed by atoms with van der Waals surface area (Å²) < 4.78 is 10.5. The summed E-state index contributed by atoms with van der Waals surface area (Å²) in [5.74, 6) is 0.445. The van der Waals surface area contributed by atoms with Gasteiger partial charge >= 0.3 is 5.63 Å². The Morgan fingerprint density at radius 3 is 2.88 bits per heavy atom. The number of hydrogen-bond acceptors (Lipinski definition) is 5. The molecule has 2 heterocycles. The molecular formula is C19H18N2O4. The smallest absolute Gasteiger partial charge is 0.339 e. The summed E-state index contributed by atoms with van der Waals surface area (Å²) in [5, 5.41) is 3.59. The molecule has 0 radical (unpaired) electrons. The molecule has 0 fully saturated rings. The van der Waals surface area contributed by atoms with Gasteiger partial charge in [-0.15, -0.1) is 0 Å². The number of hydrogen-bond donors (Lipinski definition) is 1. The van der Waals surface area contributed by atoms with Gasteiger partial charge in [-0.1, -0.05) is 0 Å². The van der Waals surface area contributed by atoms with E-state index >= 15 is 0 Å². The zero-order valence-electron chi connectivity index (χ0n) is 14.0. The monoisotopic (exact) mass is 338 g/mol. The predicted molar refractivity (Wildman–Crippen MR) is 95.0 cm³/mol. The first-order valence-electron chi connectivity index (χ1n) is 7.88. The second-order valence-corrected chi connectivity index (χ2v) is 5.65. The summed E-state index contributed by atoms with van der Waals surface area (Å²) in [7, 11) is 1.56. The summed E-state index contributed by atoms with van der Waals surface area (Å²) in [5.41, 5.74) is 2.02. The number of nitrogens with zero attached hydrogens (tertiary/aromatic N) is 1. The topological polar surface area (TPSA) is 81.4 Å². The van der Waals surface area contributed by atoms with Gasteiger partial charge in [0, 0.05) is 29.6 Å². The highest BCUT2D eigenvalue weighted by molar-refractivity contribution is 5.90. The number of nitrogens with one attached hydrogen (secondary N) is 1. The fourth-order valence-electron chi connectivity index (χ4n) is 2.69. The van der Waals surface area contributed by atoms with E-state index in [1.165, 1.54) is 0 Å². The first-order chi connectivity index (χ1) is 12.1. The van der Waals surface area contributed by atoms with E-state index in [-0.39, 0.29) is 12.3 Å². The number of pyridine rings is 1. The molecule has 0 saturated heterocycles. The van der Waals surface area contributed by atoms with E-state index < -0.39 is 5.63 Å². The van der Waals surface area contributed by atoms with Gasteiger partial charge in [0.15, 0.2) is 0 Å². The lowest BCUT2D eigenvalue weighted by atomic mass is 10.0. The van der Waals surface area contributed by atoms with Gasteiger partial charge in [0.25, 0.3) is 0 Å². The number of aryl methyl sites for hydroxylation is 1. The minimum absolute atomic E-state index is 0.179. The van der Waals surface area contributed by atoms with E-state index in [2.05, 4.69) is 10.3 Å². The van der Waals surface area contributed by atoms with Crippen molar-refractivity contribution in [3.63, 3.8) is 0 Å². The quantitative estimate of drug-likeness (QED) is 0.723. The first kappa shape index (κ1) is 16.7. The molecule has 1 aromatic carbocycles. The van der Waals surface area contributed by atoms with Crippen molar-refractivity contribution in [1.82, 2.24) is 4.98 Å². The average molecular weight is 338 g/mol. The summed E-state index contributed by atoms with van der Waals surface area (Å²) in [4.78, 5) is 28.3. The average Bonchev–Trinajstić information content (AvgIpc) is 2.61. The highest BCUT2D eigenvalue weighted by Gasteiger charge is 2.13. The zero-order valence-corrected chi connectivity index (χ0v) is 14.0. The molecule has 2 aromatic heterocycles. The van der Waals surface area contributed by atoms with E-state index in [4.69, 9.17) is 9.15 Å². The maximum Gasteiger partial charge on any atom is 0.339 e. The summed E-state index contributed by atoms with van der Waals surface area (Å²) in [6, 6.07) is 8.85. The molecular weight excluding hydrogens is 320 g/mol. The van der Waals surface area contributed by atoms with Crippen molar-refractivity contribution in [2.75, 3.05) is 12.4 Å². The number of carbonyl (C=O) groups excluding carboxylic acids is 1. The standard InChI is InChI=1S/C19H18N2O4/c1-12-15-6-5-14(24-2)10-17(15)25-19(23)16(12)7-8-18(22)21-13-4-3-9-20-11-13/h3-6,9-11H,7-8H2,1-2H3,(H,21,22). The van der Waals surface area contributed by atoms with Crippen LogP contribution in [0.5, 0.6) is 5.75 Å². The van der Waals surface area contributed by atoms with E-state index in [1.54, 1.807) is 37.7 Å². The van der Waals surface area contributed by atoms with Gasteiger partial charge in [-0.25, -0.2) is 4.79 Å². The van der Waals surface area contributed by atoms with Crippen LogP contribution in [0.2, 0.25) is 0 Å². The van der Waals surface area contributed by atoms with Crippen molar-refractivity contribution in [2.45, 2.75) is 19.8 Å².